The van der Waals surface area contributed by atoms with Gasteiger partial charge in [-0.05, 0) is 17.9 Å². The normalized spacial score (nSPS) is 13.8. The number of hydrogen-bond acceptors (Lipinski definition) is 2. The van der Waals surface area contributed by atoms with E-state index in [4.69, 9.17) is 11.6 Å². The van der Waals surface area contributed by atoms with Crippen LogP contribution in [-0.2, 0) is 6.54 Å². The van der Waals surface area contributed by atoms with Crippen LogP contribution in [0.15, 0.2) is 18.3 Å². The van der Waals surface area contributed by atoms with Crippen LogP contribution in [0.1, 0.15) is 39.7 Å². The number of rotatable bonds is 4. The van der Waals surface area contributed by atoms with Gasteiger partial charge in [0.15, 0.2) is 0 Å². The average Bonchev–Trinajstić information content (AvgIpc) is 2.19. The average molecular weight is 241 g/mol. The first kappa shape index (κ1) is 13.5. The van der Waals surface area contributed by atoms with Gasteiger partial charge in [0.05, 0.1) is 0 Å². The summed E-state index contributed by atoms with van der Waals surface area (Å²) in [6.07, 6.45) is 2.83. The standard InChI is InChI=1S/C13H21ClN2/c1-5-11(13(2,3)4)16-9-10-7-6-8-15-12(10)14/h6-8,11,16H,5,9H2,1-4H3/t11-/m0/s1. The topological polar surface area (TPSA) is 24.9 Å². The molecule has 0 saturated carbocycles. The minimum atomic E-state index is 0.267. The maximum atomic E-state index is 6.01. The number of nitrogens with one attached hydrogen (secondary N) is 1. The van der Waals surface area contributed by atoms with E-state index in [0.29, 0.717) is 11.2 Å². The van der Waals surface area contributed by atoms with E-state index in [2.05, 4.69) is 38.0 Å². The Morgan fingerprint density at radius 2 is 2.12 bits per heavy atom. The van der Waals surface area contributed by atoms with Crippen molar-refractivity contribution in [2.24, 2.45) is 5.41 Å². The van der Waals surface area contributed by atoms with Gasteiger partial charge in [-0.25, -0.2) is 4.98 Å². The van der Waals surface area contributed by atoms with Crippen LogP contribution in [0.5, 0.6) is 0 Å². The number of hydrogen-bond donors (Lipinski definition) is 1. The number of halogens is 1. The Hall–Kier alpha value is -0.600. The molecular formula is C13H21ClN2. The van der Waals surface area contributed by atoms with Gasteiger partial charge in [-0.15, -0.1) is 0 Å². The van der Waals surface area contributed by atoms with Crippen LogP contribution in [-0.4, -0.2) is 11.0 Å². The van der Waals surface area contributed by atoms with Crippen LogP contribution < -0.4 is 5.32 Å². The summed E-state index contributed by atoms with van der Waals surface area (Å²) in [5, 5.41) is 4.14. The van der Waals surface area contributed by atoms with Crippen LogP contribution >= 0.6 is 11.6 Å². The van der Waals surface area contributed by atoms with Crippen LogP contribution in [0, 0.1) is 5.41 Å². The number of pyridine rings is 1. The highest BCUT2D eigenvalue weighted by Gasteiger charge is 2.22. The molecule has 1 rings (SSSR count). The molecule has 0 radical (unpaired) electrons. The Labute approximate surface area is 103 Å². The molecule has 3 heteroatoms. The van der Waals surface area contributed by atoms with E-state index in [-0.39, 0.29) is 5.41 Å². The third-order valence-electron chi connectivity index (χ3n) is 2.83. The van der Waals surface area contributed by atoms with Gasteiger partial charge in [-0.1, -0.05) is 45.4 Å². The third-order valence-corrected chi connectivity index (χ3v) is 3.17. The van der Waals surface area contributed by atoms with Crippen molar-refractivity contribution >= 4 is 11.6 Å². The summed E-state index contributed by atoms with van der Waals surface area (Å²) in [7, 11) is 0. The summed E-state index contributed by atoms with van der Waals surface area (Å²) in [5.74, 6) is 0. The Bertz CT molecular complexity index is 331. The van der Waals surface area contributed by atoms with E-state index in [1.807, 2.05) is 12.1 Å². The highest BCUT2D eigenvalue weighted by atomic mass is 35.5. The van der Waals surface area contributed by atoms with Gasteiger partial charge in [0, 0.05) is 24.3 Å². The van der Waals surface area contributed by atoms with Crippen molar-refractivity contribution in [2.75, 3.05) is 0 Å². The lowest BCUT2D eigenvalue weighted by Crippen LogP contribution is -2.39. The van der Waals surface area contributed by atoms with E-state index in [9.17, 15) is 0 Å². The second kappa shape index (κ2) is 5.65. The SMILES string of the molecule is CC[C@H](NCc1cccnc1Cl)C(C)(C)C. The summed E-state index contributed by atoms with van der Waals surface area (Å²) in [6, 6.07) is 4.42. The third kappa shape index (κ3) is 3.76. The first-order valence-electron chi connectivity index (χ1n) is 5.78. The largest absolute Gasteiger partial charge is 0.309 e. The van der Waals surface area contributed by atoms with Crippen LogP contribution in [0.2, 0.25) is 5.15 Å². The molecule has 0 spiro atoms. The minimum Gasteiger partial charge on any atom is -0.309 e. The molecule has 1 N–H and O–H groups in total. The molecule has 1 atom stereocenters. The number of aromatic nitrogens is 1. The van der Waals surface area contributed by atoms with Crippen molar-refractivity contribution in [3.05, 3.63) is 29.0 Å². The van der Waals surface area contributed by atoms with Crippen molar-refractivity contribution < 1.29 is 0 Å². The zero-order valence-corrected chi connectivity index (χ0v) is 11.3. The van der Waals surface area contributed by atoms with Crippen molar-refractivity contribution in [2.45, 2.75) is 46.7 Å². The first-order valence-corrected chi connectivity index (χ1v) is 6.15. The fourth-order valence-corrected chi connectivity index (χ4v) is 2.03. The zero-order chi connectivity index (χ0) is 12.2. The molecule has 0 aliphatic carbocycles. The Morgan fingerprint density at radius 1 is 1.44 bits per heavy atom. The van der Waals surface area contributed by atoms with E-state index in [1.54, 1.807) is 6.20 Å². The lowest BCUT2D eigenvalue weighted by atomic mass is 9.85. The van der Waals surface area contributed by atoms with Crippen LogP contribution in [0.4, 0.5) is 0 Å². The first-order chi connectivity index (χ1) is 7.45. The predicted molar refractivity (Wildman–Crippen MR) is 69.6 cm³/mol. The quantitative estimate of drug-likeness (QED) is 0.813. The zero-order valence-electron chi connectivity index (χ0n) is 10.5. The molecule has 0 aliphatic heterocycles. The summed E-state index contributed by atoms with van der Waals surface area (Å²) >= 11 is 6.01. The smallest absolute Gasteiger partial charge is 0.133 e. The molecule has 0 amide bonds. The molecule has 0 fully saturated rings. The molecule has 1 aromatic heterocycles. The van der Waals surface area contributed by atoms with E-state index in [1.165, 1.54) is 0 Å². The highest BCUT2D eigenvalue weighted by Crippen LogP contribution is 2.22. The van der Waals surface area contributed by atoms with Crippen molar-refractivity contribution in [1.82, 2.24) is 10.3 Å². The summed E-state index contributed by atoms with van der Waals surface area (Å²) < 4.78 is 0. The molecule has 0 aliphatic rings. The molecule has 16 heavy (non-hydrogen) atoms. The second-order valence-corrected chi connectivity index (χ2v) is 5.52. The van der Waals surface area contributed by atoms with Gasteiger partial charge in [0.1, 0.15) is 5.15 Å². The Kier molecular flexibility index (Phi) is 4.75. The van der Waals surface area contributed by atoms with Crippen molar-refractivity contribution in [1.29, 1.82) is 0 Å². The van der Waals surface area contributed by atoms with Gasteiger partial charge in [0.2, 0.25) is 0 Å². The fourth-order valence-electron chi connectivity index (χ4n) is 1.85. The van der Waals surface area contributed by atoms with Crippen molar-refractivity contribution in [3.8, 4) is 0 Å². The molecule has 2 nitrogen and oxygen atoms in total. The van der Waals surface area contributed by atoms with Gasteiger partial charge in [0.25, 0.3) is 0 Å². The lowest BCUT2D eigenvalue weighted by molar-refractivity contribution is 0.259. The van der Waals surface area contributed by atoms with E-state index >= 15 is 0 Å². The molecule has 1 aromatic rings. The van der Waals surface area contributed by atoms with Gasteiger partial charge >= 0.3 is 0 Å². The van der Waals surface area contributed by atoms with Gasteiger partial charge < -0.3 is 5.32 Å². The summed E-state index contributed by atoms with van der Waals surface area (Å²) in [5.41, 5.74) is 1.33. The molecule has 1 heterocycles. The maximum Gasteiger partial charge on any atom is 0.133 e. The Morgan fingerprint density at radius 3 is 2.62 bits per heavy atom. The van der Waals surface area contributed by atoms with Crippen molar-refractivity contribution in [3.63, 3.8) is 0 Å². The predicted octanol–water partition coefficient (Wildman–Crippen LogP) is 3.65. The van der Waals surface area contributed by atoms with Crippen LogP contribution in [0.3, 0.4) is 0 Å². The van der Waals surface area contributed by atoms with E-state index in [0.717, 1.165) is 18.5 Å². The molecule has 0 bridgehead atoms. The lowest BCUT2D eigenvalue weighted by Gasteiger charge is -2.31. The second-order valence-electron chi connectivity index (χ2n) is 5.16. The maximum absolute atomic E-state index is 6.01. The molecule has 0 aromatic carbocycles. The van der Waals surface area contributed by atoms with E-state index < -0.39 is 0 Å². The highest BCUT2D eigenvalue weighted by molar-refractivity contribution is 6.30. The number of nitrogens with zero attached hydrogens (tertiary/aromatic N) is 1. The molecule has 0 saturated heterocycles. The molecule has 0 unspecified atom stereocenters. The Balaban J connectivity index is 2.60. The summed E-state index contributed by atoms with van der Waals surface area (Å²) in [6.45, 7) is 9.73. The van der Waals surface area contributed by atoms with Gasteiger partial charge in [-0.2, -0.15) is 0 Å². The monoisotopic (exact) mass is 240 g/mol. The minimum absolute atomic E-state index is 0.267. The van der Waals surface area contributed by atoms with Gasteiger partial charge in [-0.3, -0.25) is 0 Å². The summed E-state index contributed by atoms with van der Waals surface area (Å²) in [4.78, 5) is 4.07. The van der Waals surface area contributed by atoms with Crippen LogP contribution in [0.25, 0.3) is 0 Å². The molecular weight excluding hydrogens is 220 g/mol. The fraction of sp³-hybridized carbons (Fsp3) is 0.615. The molecule has 90 valence electrons.